The number of fused-ring (bicyclic) bond motifs is 1. The summed E-state index contributed by atoms with van der Waals surface area (Å²) in [6, 6.07) is 13.0. The van der Waals surface area contributed by atoms with Crippen molar-refractivity contribution in [2.24, 2.45) is 5.16 Å². The van der Waals surface area contributed by atoms with E-state index in [-0.39, 0.29) is 11.1 Å². The molecule has 0 saturated heterocycles. The minimum absolute atomic E-state index is 0.187. The molecule has 0 aliphatic carbocycles. The van der Waals surface area contributed by atoms with Crippen LogP contribution in [0.2, 0.25) is 0 Å². The van der Waals surface area contributed by atoms with Crippen LogP contribution in [0.15, 0.2) is 58.6 Å². The number of aromatic nitrogens is 2. The second kappa shape index (κ2) is 5.69. The van der Waals surface area contributed by atoms with Gasteiger partial charge in [-0.25, -0.2) is 4.98 Å². The topological polar surface area (TPSA) is 79.0 Å². The van der Waals surface area contributed by atoms with E-state index in [1.165, 1.54) is 4.40 Å². The number of pyridine rings is 1. The van der Waals surface area contributed by atoms with Gasteiger partial charge in [0.05, 0.1) is 6.21 Å². The van der Waals surface area contributed by atoms with Crippen LogP contribution in [-0.2, 0) is 0 Å². The molecular weight excluding hydrogens is 280 g/mol. The molecule has 2 N–H and O–H groups in total. The van der Waals surface area contributed by atoms with Gasteiger partial charge in [0.15, 0.2) is 0 Å². The van der Waals surface area contributed by atoms with Crippen molar-refractivity contribution >= 4 is 23.4 Å². The third kappa shape index (κ3) is 2.54. The van der Waals surface area contributed by atoms with Crippen LogP contribution < -0.4 is 10.9 Å². The van der Waals surface area contributed by atoms with Gasteiger partial charge in [0.2, 0.25) is 0 Å². The van der Waals surface area contributed by atoms with Gasteiger partial charge in [-0.15, -0.1) is 0 Å². The standard InChI is InChI=1S/C16H14N4O2/c1-11-5-7-12(8-6-11)18-15-13(10-17-22)16(21)20-9-3-2-4-14(20)19-15/h2-10,18,22H,1H3/b17-10+. The molecule has 2 heterocycles. The van der Waals surface area contributed by atoms with Gasteiger partial charge in [0.25, 0.3) is 5.56 Å². The molecule has 0 saturated carbocycles. The largest absolute Gasteiger partial charge is 0.411 e. The van der Waals surface area contributed by atoms with Crippen molar-refractivity contribution in [1.82, 2.24) is 9.38 Å². The molecule has 0 atom stereocenters. The van der Waals surface area contributed by atoms with Gasteiger partial charge < -0.3 is 10.5 Å². The van der Waals surface area contributed by atoms with Crippen LogP contribution in [0.3, 0.4) is 0 Å². The highest BCUT2D eigenvalue weighted by Gasteiger charge is 2.11. The van der Waals surface area contributed by atoms with Gasteiger partial charge >= 0.3 is 0 Å². The van der Waals surface area contributed by atoms with Crippen molar-refractivity contribution in [3.05, 3.63) is 70.1 Å². The predicted octanol–water partition coefficient (Wildman–Crippen LogP) is 2.55. The Kier molecular flexibility index (Phi) is 3.57. The Bertz CT molecular complexity index is 898. The fourth-order valence-corrected chi connectivity index (χ4v) is 2.15. The number of hydrogen-bond donors (Lipinski definition) is 2. The third-order valence-corrected chi connectivity index (χ3v) is 3.27. The van der Waals surface area contributed by atoms with Gasteiger partial charge in [-0.1, -0.05) is 28.9 Å². The summed E-state index contributed by atoms with van der Waals surface area (Å²) in [6.07, 6.45) is 2.71. The molecule has 0 aliphatic heterocycles. The van der Waals surface area contributed by atoms with Crippen molar-refractivity contribution in [2.75, 3.05) is 5.32 Å². The minimum atomic E-state index is -0.307. The molecule has 3 aromatic rings. The number of aryl methyl sites for hydroxylation is 1. The summed E-state index contributed by atoms with van der Waals surface area (Å²) < 4.78 is 1.40. The first kappa shape index (κ1) is 13.8. The Morgan fingerprint density at radius 1 is 1.23 bits per heavy atom. The second-order valence-electron chi connectivity index (χ2n) is 4.84. The molecule has 0 spiro atoms. The van der Waals surface area contributed by atoms with Crippen LogP contribution in [0.4, 0.5) is 11.5 Å². The Hall–Kier alpha value is -3.15. The Morgan fingerprint density at radius 2 is 2.00 bits per heavy atom. The van der Waals surface area contributed by atoms with Gasteiger partial charge in [-0.3, -0.25) is 9.20 Å². The summed E-state index contributed by atoms with van der Waals surface area (Å²) >= 11 is 0. The molecule has 0 aliphatic rings. The van der Waals surface area contributed by atoms with Gasteiger partial charge in [-0.05, 0) is 31.2 Å². The van der Waals surface area contributed by atoms with E-state index in [1.807, 2.05) is 31.2 Å². The number of oxime groups is 1. The van der Waals surface area contributed by atoms with Crippen LogP contribution in [0.5, 0.6) is 0 Å². The first-order valence-corrected chi connectivity index (χ1v) is 6.71. The van der Waals surface area contributed by atoms with Crippen molar-refractivity contribution in [3.63, 3.8) is 0 Å². The molecule has 0 radical (unpaired) electrons. The lowest BCUT2D eigenvalue weighted by Crippen LogP contribution is -2.21. The number of benzene rings is 1. The quantitative estimate of drug-likeness (QED) is 0.442. The monoisotopic (exact) mass is 294 g/mol. The molecule has 1 aromatic carbocycles. The molecule has 0 fully saturated rings. The predicted molar refractivity (Wildman–Crippen MR) is 85.3 cm³/mol. The molecule has 22 heavy (non-hydrogen) atoms. The van der Waals surface area contributed by atoms with E-state index in [4.69, 9.17) is 5.21 Å². The van der Waals surface area contributed by atoms with Gasteiger partial charge in [-0.2, -0.15) is 0 Å². The zero-order chi connectivity index (χ0) is 15.5. The lowest BCUT2D eigenvalue weighted by atomic mass is 10.2. The fourth-order valence-electron chi connectivity index (χ4n) is 2.15. The number of nitrogens with one attached hydrogen (secondary N) is 1. The molecule has 0 amide bonds. The molecule has 3 rings (SSSR count). The summed E-state index contributed by atoms with van der Waals surface area (Å²) in [7, 11) is 0. The smallest absolute Gasteiger partial charge is 0.269 e. The molecule has 6 nitrogen and oxygen atoms in total. The number of anilines is 2. The summed E-state index contributed by atoms with van der Waals surface area (Å²) in [5.41, 5.74) is 2.32. The van der Waals surface area contributed by atoms with Gasteiger partial charge in [0.1, 0.15) is 17.0 Å². The molecule has 2 aromatic heterocycles. The zero-order valence-corrected chi connectivity index (χ0v) is 11.9. The van der Waals surface area contributed by atoms with E-state index in [2.05, 4.69) is 15.5 Å². The molecule has 0 unspecified atom stereocenters. The van der Waals surface area contributed by atoms with E-state index in [0.29, 0.717) is 11.5 Å². The second-order valence-corrected chi connectivity index (χ2v) is 4.84. The average molecular weight is 294 g/mol. The van der Waals surface area contributed by atoms with Crippen molar-refractivity contribution < 1.29 is 5.21 Å². The number of rotatable bonds is 3. The summed E-state index contributed by atoms with van der Waals surface area (Å²) in [4.78, 5) is 16.9. The van der Waals surface area contributed by atoms with Gasteiger partial charge in [0, 0.05) is 11.9 Å². The first-order chi connectivity index (χ1) is 10.7. The number of hydrogen-bond acceptors (Lipinski definition) is 5. The lowest BCUT2D eigenvalue weighted by Gasteiger charge is -2.10. The highest BCUT2D eigenvalue weighted by molar-refractivity contribution is 5.87. The maximum Gasteiger partial charge on any atom is 0.269 e. The van der Waals surface area contributed by atoms with Crippen molar-refractivity contribution in [3.8, 4) is 0 Å². The normalized spacial score (nSPS) is 11.1. The third-order valence-electron chi connectivity index (χ3n) is 3.27. The summed E-state index contributed by atoms with van der Waals surface area (Å²) in [6.45, 7) is 1.99. The van der Waals surface area contributed by atoms with E-state index in [0.717, 1.165) is 17.5 Å². The SMILES string of the molecule is Cc1ccc(Nc2nc3ccccn3c(=O)c2/C=N/O)cc1. The highest BCUT2D eigenvalue weighted by Crippen LogP contribution is 2.17. The van der Waals surface area contributed by atoms with E-state index in [9.17, 15) is 4.79 Å². The van der Waals surface area contributed by atoms with Crippen LogP contribution in [-0.4, -0.2) is 20.8 Å². The van der Waals surface area contributed by atoms with E-state index < -0.39 is 0 Å². The molecule has 0 bridgehead atoms. The van der Waals surface area contributed by atoms with E-state index >= 15 is 0 Å². The minimum Gasteiger partial charge on any atom is -0.411 e. The zero-order valence-electron chi connectivity index (χ0n) is 11.9. The Labute approximate surface area is 126 Å². The highest BCUT2D eigenvalue weighted by atomic mass is 16.4. The first-order valence-electron chi connectivity index (χ1n) is 6.71. The summed E-state index contributed by atoms with van der Waals surface area (Å²) in [5, 5.41) is 14.9. The molecular formula is C16H14N4O2. The average Bonchev–Trinajstić information content (AvgIpc) is 2.53. The van der Waals surface area contributed by atoms with Crippen LogP contribution in [0.1, 0.15) is 11.1 Å². The number of nitrogens with zero attached hydrogens (tertiary/aromatic N) is 3. The lowest BCUT2D eigenvalue weighted by molar-refractivity contribution is 0.322. The van der Waals surface area contributed by atoms with Crippen LogP contribution in [0, 0.1) is 6.92 Å². The van der Waals surface area contributed by atoms with Crippen molar-refractivity contribution in [1.29, 1.82) is 0 Å². The fraction of sp³-hybridized carbons (Fsp3) is 0.0625. The van der Waals surface area contributed by atoms with Crippen LogP contribution in [0.25, 0.3) is 5.65 Å². The summed E-state index contributed by atoms with van der Waals surface area (Å²) in [5.74, 6) is 0.345. The Balaban J connectivity index is 2.16. The Morgan fingerprint density at radius 3 is 2.73 bits per heavy atom. The molecule has 110 valence electrons. The molecule has 6 heteroatoms. The maximum absolute atomic E-state index is 12.5. The van der Waals surface area contributed by atoms with Crippen molar-refractivity contribution in [2.45, 2.75) is 6.92 Å². The van der Waals surface area contributed by atoms with E-state index in [1.54, 1.807) is 24.4 Å². The van der Waals surface area contributed by atoms with Crippen LogP contribution >= 0.6 is 0 Å². The maximum atomic E-state index is 12.5.